The van der Waals surface area contributed by atoms with Crippen molar-refractivity contribution in [2.45, 2.75) is 19.9 Å². The van der Waals surface area contributed by atoms with E-state index in [9.17, 15) is 0 Å². The molecule has 0 fully saturated rings. The maximum atomic E-state index is 8.63. The highest BCUT2D eigenvalue weighted by molar-refractivity contribution is 6.32. The van der Waals surface area contributed by atoms with Gasteiger partial charge in [0.15, 0.2) is 0 Å². The molecule has 0 spiro atoms. The summed E-state index contributed by atoms with van der Waals surface area (Å²) in [4.78, 5) is 0. The predicted octanol–water partition coefficient (Wildman–Crippen LogP) is 3.06. The fraction of sp³-hybridized carbons (Fsp3) is 0.364. The minimum atomic E-state index is -0.237. The Kier molecular flexibility index (Phi) is 4.26. The van der Waals surface area contributed by atoms with Gasteiger partial charge in [0, 0.05) is 5.69 Å². The largest absolute Gasteiger partial charge is 0.492 e. The zero-order valence-electron chi connectivity index (χ0n) is 8.75. The Balaban J connectivity index is 2.78. The third kappa shape index (κ3) is 3.34. The standard InChI is InChI=1S/C11H13ClN2O/c1-3-15-11-5-4-9(6-10(11)12)14-8(2)7-13/h4-6,8,14H,3H2,1-2H3. The first-order valence-corrected chi connectivity index (χ1v) is 5.13. The van der Waals surface area contributed by atoms with Gasteiger partial charge in [0.2, 0.25) is 0 Å². The number of nitrogens with one attached hydrogen (secondary N) is 1. The molecule has 0 heterocycles. The van der Waals surface area contributed by atoms with Gasteiger partial charge < -0.3 is 10.1 Å². The zero-order valence-corrected chi connectivity index (χ0v) is 9.51. The molecule has 0 aliphatic carbocycles. The Hall–Kier alpha value is -1.40. The number of rotatable bonds is 4. The molecule has 0 bridgehead atoms. The summed E-state index contributed by atoms with van der Waals surface area (Å²) in [5, 5.41) is 12.2. The molecule has 1 N–H and O–H groups in total. The Bertz CT molecular complexity index is 373. The van der Waals surface area contributed by atoms with Crippen LogP contribution < -0.4 is 10.1 Å². The monoisotopic (exact) mass is 224 g/mol. The van der Waals surface area contributed by atoms with E-state index >= 15 is 0 Å². The average Bonchev–Trinajstić information content (AvgIpc) is 2.22. The summed E-state index contributed by atoms with van der Waals surface area (Å²) in [5.41, 5.74) is 0.817. The van der Waals surface area contributed by atoms with Crippen LogP contribution in [0.2, 0.25) is 5.02 Å². The van der Waals surface area contributed by atoms with Crippen LogP contribution in [0.3, 0.4) is 0 Å². The number of halogens is 1. The quantitative estimate of drug-likeness (QED) is 0.855. The molecule has 0 aliphatic heterocycles. The molecule has 1 atom stereocenters. The third-order valence-electron chi connectivity index (χ3n) is 1.81. The Morgan fingerprint density at radius 2 is 2.33 bits per heavy atom. The van der Waals surface area contributed by atoms with Gasteiger partial charge in [-0.05, 0) is 32.0 Å². The van der Waals surface area contributed by atoms with Gasteiger partial charge in [0.25, 0.3) is 0 Å². The highest BCUT2D eigenvalue weighted by Gasteiger charge is 2.04. The molecule has 0 aliphatic rings. The number of ether oxygens (including phenoxy) is 1. The zero-order chi connectivity index (χ0) is 11.3. The van der Waals surface area contributed by atoms with Crippen LogP contribution in [0.1, 0.15) is 13.8 Å². The Labute approximate surface area is 94.6 Å². The van der Waals surface area contributed by atoms with E-state index in [-0.39, 0.29) is 6.04 Å². The summed E-state index contributed by atoms with van der Waals surface area (Å²) in [6, 6.07) is 7.23. The number of nitrogens with zero attached hydrogens (tertiary/aromatic N) is 1. The van der Waals surface area contributed by atoms with E-state index in [0.29, 0.717) is 17.4 Å². The normalized spacial score (nSPS) is 11.6. The number of anilines is 1. The summed E-state index contributed by atoms with van der Waals surface area (Å²) in [6.07, 6.45) is 0. The van der Waals surface area contributed by atoms with Crippen molar-refractivity contribution >= 4 is 17.3 Å². The number of hydrogen-bond acceptors (Lipinski definition) is 3. The first-order chi connectivity index (χ1) is 7.17. The predicted molar refractivity (Wildman–Crippen MR) is 61.3 cm³/mol. The van der Waals surface area contributed by atoms with Crippen LogP contribution in [0.25, 0.3) is 0 Å². The first kappa shape index (κ1) is 11.7. The molecule has 3 nitrogen and oxygen atoms in total. The van der Waals surface area contributed by atoms with Gasteiger partial charge in [-0.1, -0.05) is 11.6 Å². The smallest absolute Gasteiger partial charge is 0.138 e. The van der Waals surface area contributed by atoms with Crippen molar-refractivity contribution in [1.29, 1.82) is 5.26 Å². The molecular formula is C11H13ClN2O. The maximum Gasteiger partial charge on any atom is 0.138 e. The fourth-order valence-electron chi connectivity index (χ4n) is 1.15. The van der Waals surface area contributed by atoms with E-state index in [1.165, 1.54) is 0 Å². The van der Waals surface area contributed by atoms with Crippen molar-refractivity contribution in [1.82, 2.24) is 0 Å². The SMILES string of the molecule is CCOc1ccc(NC(C)C#N)cc1Cl. The molecule has 0 amide bonds. The van der Waals surface area contributed by atoms with E-state index in [1.54, 1.807) is 19.1 Å². The minimum Gasteiger partial charge on any atom is -0.492 e. The lowest BCUT2D eigenvalue weighted by Crippen LogP contribution is -2.11. The molecule has 0 saturated heterocycles. The summed E-state index contributed by atoms with van der Waals surface area (Å²) in [5.74, 6) is 0.661. The van der Waals surface area contributed by atoms with Gasteiger partial charge in [-0.2, -0.15) is 5.26 Å². The lowest BCUT2D eigenvalue weighted by molar-refractivity contribution is 0.340. The van der Waals surface area contributed by atoms with E-state index in [1.807, 2.05) is 13.0 Å². The van der Waals surface area contributed by atoms with Crippen molar-refractivity contribution in [3.05, 3.63) is 23.2 Å². The number of benzene rings is 1. The second kappa shape index (κ2) is 5.47. The van der Waals surface area contributed by atoms with Gasteiger partial charge in [-0.25, -0.2) is 0 Å². The number of hydrogen-bond donors (Lipinski definition) is 1. The van der Waals surface area contributed by atoms with E-state index in [2.05, 4.69) is 11.4 Å². The topological polar surface area (TPSA) is 45.0 Å². The maximum absolute atomic E-state index is 8.63. The van der Waals surface area contributed by atoms with Crippen molar-refractivity contribution in [3.63, 3.8) is 0 Å². The van der Waals surface area contributed by atoms with Gasteiger partial charge in [-0.3, -0.25) is 0 Å². The molecule has 15 heavy (non-hydrogen) atoms. The van der Waals surface area contributed by atoms with Crippen LogP contribution in [0.5, 0.6) is 5.75 Å². The van der Waals surface area contributed by atoms with Crippen LogP contribution >= 0.6 is 11.6 Å². The van der Waals surface area contributed by atoms with Crippen LogP contribution in [0.15, 0.2) is 18.2 Å². The third-order valence-corrected chi connectivity index (χ3v) is 2.10. The molecule has 80 valence electrons. The van der Waals surface area contributed by atoms with Crippen LogP contribution in [0, 0.1) is 11.3 Å². The van der Waals surface area contributed by atoms with E-state index in [0.717, 1.165) is 5.69 Å². The molecule has 0 aromatic heterocycles. The average molecular weight is 225 g/mol. The molecule has 1 aromatic rings. The minimum absolute atomic E-state index is 0.237. The van der Waals surface area contributed by atoms with Crippen molar-refractivity contribution in [2.75, 3.05) is 11.9 Å². The molecule has 0 radical (unpaired) electrons. The summed E-state index contributed by atoms with van der Waals surface area (Å²) in [7, 11) is 0. The summed E-state index contributed by atoms with van der Waals surface area (Å²) >= 11 is 5.99. The second-order valence-corrected chi connectivity index (χ2v) is 3.48. The summed E-state index contributed by atoms with van der Waals surface area (Å²) < 4.78 is 5.30. The fourth-order valence-corrected chi connectivity index (χ4v) is 1.38. The van der Waals surface area contributed by atoms with Crippen molar-refractivity contribution < 1.29 is 4.74 Å². The van der Waals surface area contributed by atoms with E-state index in [4.69, 9.17) is 21.6 Å². The number of nitriles is 1. The van der Waals surface area contributed by atoms with Gasteiger partial charge in [0.1, 0.15) is 11.8 Å². The second-order valence-electron chi connectivity index (χ2n) is 3.07. The van der Waals surface area contributed by atoms with Gasteiger partial charge >= 0.3 is 0 Å². The van der Waals surface area contributed by atoms with Crippen LogP contribution in [-0.2, 0) is 0 Å². The van der Waals surface area contributed by atoms with Crippen LogP contribution in [0.4, 0.5) is 5.69 Å². The van der Waals surface area contributed by atoms with Crippen LogP contribution in [-0.4, -0.2) is 12.6 Å². The van der Waals surface area contributed by atoms with Gasteiger partial charge in [0.05, 0.1) is 17.7 Å². The lowest BCUT2D eigenvalue weighted by atomic mass is 10.2. The molecule has 1 rings (SSSR count). The molecule has 1 aromatic carbocycles. The van der Waals surface area contributed by atoms with E-state index < -0.39 is 0 Å². The molecule has 0 saturated carbocycles. The van der Waals surface area contributed by atoms with Crippen molar-refractivity contribution in [2.24, 2.45) is 0 Å². The molecule has 4 heteroatoms. The first-order valence-electron chi connectivity index (χ1n) is 4.76. The van der Waals surface area contributed by atoms with Gasteiger partial charge in [-0.15, -0.1) is 0 Å². The molecule has 1 unspecified atom stereocenters. The Morgan fingerprint density at radius 1 is 1.60 bits per heavy atom. The molecular weight excluding hydrogens is 212 g/mol. The highest BCUT2D eigenvalue weighted by Crippen LogP contribution is 2.27. The lowest BCUT2D eigenvalue weighted by Gasteiger charge is -2.10. The highest BCUT2D eigenvalue weighted by atomic mass is 35.5. The Morgan fingerprint density at radius 3 is 2.87 bits per heavy atom. The van der Waals surface area contributed by atoms with Crippen molar-refractivity contribution in [3.8, 4) is 11.8 Å². The summed E-state index contributed by atoms with van der Waals surface area (Å²) in [6.45, 7) is 4.27.